The van der Waals surface area contributed by atoms with Gasteiger partial charge in [-0.25, -0.2) is 0 Å². The Bertz CT molecular complexity index is 446. The first-order valence-electron chi connectivity index (χ1n) is 5.90. The van der Waals surface area contributed by atoms with Gasteiger partial charge in [-0.05, 0) is 18.4 Å². The Labute approximate surface area is 117 Å². The standard InChI is InChI=1S/C13H15NO2S.ClH/c1-16-12(15)9-8-17-13-6-3-2-4-11(13)14-7-5-10(9)13;/h2-4,6,9-10H,5,7-8H2,1H3;1H. The highest BCUT2D eigenvalue weighted by molar-refractivity contribution is 8.02. The van der Waals surface area contributed by atoms with Crippen LogP contribution in [-0.4, -0.2) is 35.8 Å². The minimum Gasteiger partial charge on any atom is -0.469 e. The molecule has 0 aromatic rings. The number of methoxy groups -OCH3 is 1. The third kappa shape index (κ3) is 1.82. The fraction of sp³-hybridized carbons (Fsp3) is 0.538. The summed E-state index contributed by atoms with van der Waals surface area (Å²) in [6, 6.07) is 0. The average molecular weight is 286 g/mol. The van der Waals surface area contributed by atoms with Gasteiger partial charge in [0, 0.05) is 12.3 Å². The van der Waals surface area contributed by atoms with Gasteiger partial charge >= 0.3 is 5.97 Å². The van der Waals surface area contributed by atoms with Crippen LogP contribution in [0.5, 0.6) is 0 Å². The van der Waals surface area contributed by atoms with Crippen LogP contribution in [0.3, 0.4) is 0 Å². The number of aliphatic imine (C=N–C) groups is 1. The molecule has 3 aliphatic rings. The number of ether oxygens (including phenoxy) is 1. The second-order valence-corrected chi connectivity index (χ2v) is 5.91. The van der Waals surface area contributed by atoms with E-state index in [9.17, 15) is 4.79 Å². The number of esters is 1. The van der Waals surface area contributed by atoms with Crippen molar-refractivity contribution >= 4 is 35.8 Å². The van der Waals surface area contributed by atoms with Crippen LogP contribution in [0.1, 0.15) is 6.42 Å². The Morgan fingerprint density at radius 1 is 1.56 bits per heavy atom. The fourth-order valence-corrected chi connectivity index (χ4v) is 4.82. The molecule has 18 heavy (non-hydrogen) atoms. The molecule has 5 heteroatoms. The van der Waals surface area contributed by atoms with E-state index in [-0.39, 0.29) is 29.0 Å². The third-order valence-corrected chi connectivity index (χ3v) is 5.53. The zero-order valence-corrected chi connectivity index (χ0v) is 11.8. The molecule has 2 aliphatic heterocycles. The van der Waals surface area contributed by atoms with E-state index in [0.717, 1.165) is 24.4 Å². The number of carbonyl (C=O) groups is 1. The van der Waals surface area contributed by atoms with Gasteiger partial charge in [-0.2, -0.15) is 0 Å². The molecule has 1 saturated heterocycles. The molecule has 0 N–H and O–H groups in total. The molecule has 1 fully saturated rings. The summed E-state index contributed by atoms with van der Waals surface area (Å²) in [6.45, 7) is 0.827. The lowest BCUT2D eigenvalue weighted by atomic mass is 9.74. The van der Waals surface area contributed by atoms with Crippen molar-refractivity contribution in [1.82, 2.24) is 0 Å². The number of carbonyl (C=O) groups excluding carboxylic acids is 1. The lowest BCUT2D eigenvalue weighted by Gasteiger charge is -2.37. The van der Waals surface area contributed by atoms with E-state index in [1.165, 1.54) is 7.11 Å². The summed E-state index contributed by atoms with van der Waals surface area (Å²) in [7, 11) is 1.48. The van der Waals surface area contributed by atoms with Crippen LogP contribution in [0.4, 0.5) is 0 Å². The lowest BCUT2D eigenvalue weighted by molar-refractivity contribution is -0.146. The maximum Gasteiger partial charge on any atom is 0.309 e. The van der Waals surface area contributed by atoms with Crippen molar-refractivity contribution in [1.29, 1.82) is 0 Å². The molecule has 0 aromatic carbocycles. The molecular formula is C13H16ClNO2S. The molecule has 0 amide bonds. The minimum absolute atomic E-state index is 0. The number of allylic oxidation sites excluding steroid dienone is 3. The monoisotopic (exact) mass is 285 g/mol. The van der Waals surface area contributed by atoms with Crippen molar-refractivity contribution in [2.45, 2.75) is 11.2 Å². The van der Waals surface area contributed by atoms with Crippen LogP contribution >= 0.6 is 24.2 Å². The molecule has 98 valence electrons. The Hall–Kier alpha value is -0.740. The SMILES string of the molecule is COC(=O)C1CSC23C=CC=CC2=NCCC13.Cl. The van der Waals surface area contributed by atoms with Gasteiger partial charge in [-0.1, -0.05) is 18.2 Å². The van der Waals surface area contributed by atoms with E-state index < -0.39 is 0 Å². The largest absolute Gasteiger partial charge is 0.469 e. The van der Waals surface area contributed by atoms with Crippen molar-refractivity contribution in [3.8, 4) is 0 Å². The summed E-state index contributed by atoms with van der Waals surface area (Å²) in [5.41, 5.74) is 1.13. The Morgan fingerprint density at radius 3 is 3.17 bits per heavy atom. The molecule has 1 aliphatic carbocycles. The van der Waals surface area contributed by atoms with Gasteiger partial charge in [-0.3, -0.25) is 9.79 Å². The molecule has 3 unspecified atom stereocenters. The zero-order valence-electron chi connectivity index (χ0n) is 10.2. The predicted molar refractivity (Wildman–Crippen MR) is 76.6 cm³/mol. The van der Waals surface area contributed by atoms with E-state index in [2.05, 4.69) is 23.2 Å². The van der Waals surface area contributed by atoms with E-state index in [4.69, 9.17) is 4.74 Å². The Morgan fingerprint density at radius 2 is 2.39 bits per heavy atom. The van der Waals surface area contributed by atoms with Gasteiger partial charge in [0.05, 0.1) is 23.5 Å². The molecule has 1 spiro atoms. The third-order valence-electron chi connectivity index (χ3n) is 3.87. The average Bonchev–Trinajstić information content (AvgIpc) is 2.75. The smallest absolute Gasteiger partial charge is 0.309 e. The molecule has 3 atom stereocenters. The van der Waals surface area contributed by atoms with Crippen LogP contribution in [0, 0.1) is 11.8 Å². The number of rotatable bonds is 1. The first kappa shape index (κ1) is 13.7. The van der Waals surface area contributed by atoms with Gasteiger partial charge in [0.25, 0.3) is 0 Å². The van der Waals surface area contributed by atoms with E-state index in [1.54, 1.807) is 0 Å². The number of hydrogen-bond donors (Lipinski definition) is 0. The summed E-state index contributed by atoms with van der Waals surface area (Å²) in [5.74, 6) is 1.14. The first-order chi connectivity index (χ1) is 8.28. The molecule has 0 aromatic heterocycles. The molecule has 2 heterocycles. The molecular weight excluding hydrogens is 270 g/mol. The highest BCUT2D eigenvalue weighted by atomic mass is 35.5. The van der Waals surface area contributed by atoms with Crippen molar-refractivity contribution in [2.24, 2.45) is 16.8 Å². The van der Waals surface area contributed by atoms with Crippen LogP contribution in [0.15, 0.2) is 29.3 Å². The van der Waals surface area contributed by atoms with Gasteiger partial charge < -0.3 is 4.74 Å². The highest BCUT2D eigenvalue weighted by Crippen LogP contribution is 2.52. The van der Waals surface area contributed by atoms with Crippen LogP contribution in [0.25, 0.3) is 0 Å². The predicted octanol–water partition coefficient (Wildman–Crippen LogP) is 2.27. The summed E-state index contributed by atoms with van der Waals surface area (Å²) in [6.07, 6.45) is 9.37. The van der Waals surface area contributed by atoms with Crippen molar-refractivity contribution in [3.63, 3.8) is 0 Å². The summed E-state index contributed by atoms with van der Waals surface area (Å²) in [5, 5.41) is 0. The van der Waals surface area contributed by atoms with Crippen molar-refractivity contribution < 1.29 is 9.53 Å². The van der Waals surface area contributed by atoms with Gasteiger partial charge in [0.15, 0.2) is 0 Å². The van der Waals surface area contributed by atoms with Crippen LogP contribution in [-0.2, 0) is 9.53 Å². The van der Waals surface area contributed by atoms with E-state index in [1.807, 2.05) is 17.8 Å². The topological polar surface area (TPSA) is 38.7 Å². The Kier molecular flexibility index (Phi) is 3.87. The van der Waals surface area contributed by atoms with Gasteiger partial charge in [-0.15, -0.1) is 24.2 Å². The molecule has 0 saturated carbocycles. The van der Waals surface area contributed by atoms with Crippen LogP contribution < -0.4 is 0 Å². The van der Waals surface area contributed by atoms with Crippen molar-refractivity contribution in [3.05, 3.63) is 24.3 Å². The highest BCUT2D eigenvalue weighted by Gasteiger charge is 2.54. The van der Waals surface area contributed by atoms with Crippen molar-refractivity contribution in [2.75, 3.05) is 19.4 Å². The second kappa shape index (κ2) is 5.10. The van der Waals surface area contributed by atoms with Gasteiger partial charge in [0.1, 0.15) is 0 Å². The van der Waals surface area contributed by atoms with Gasteiger partial charge in [0.2, 0.25) is 0 Å². The second-order valence-electron chi connectivity index (χ2n) is 4.61. The first-order valence-corrected chi connectivity index (χ1v) is 6.89. The van der Waals surface area contributed by atoms with E-state index >= 15 is 0 Å². The number of nitrogens with zero attached hydrogens (tertiary/aromatic N) is 1. The summed E-state index contributed by atoms with van der Waals surface area (Å²) < 4.78 is 4.86. The molecule has 0 radical (unpaired) electrons. The minimum atomic E-state index is -0.0661. The quantitative estimate of drug-likeness (QED) is 0.694. The Balaban J connectivity index is 0.00000120. The van der Waals surface area contributed by atoms with E-state index in [0.29, 0.717) is 5.92 Å². The number of hydrogen-bond acceptors (Lipinski definition) is 4. The number of halogens is 1. The number of thioether (sulfide) groups is 1. The summed E-state index contributed by atoms with van der Waals surface area (Å²) in [4.78, 5) is 16.4. The summed E-state index contributed by atoms with van der Waals surface area (Å²) >= 11 is 1.84. The fourth-order valence-electron chi connectivity index (χ4n) is 3.05. The molecule has 3 rings (SSSR count). The lowest BCUT2D eigenvalue weighted by Crippen LogP contribution is -2.44. The normalized spacial score (nSPS) is 36.2. The maximum absolute atomic E-state index is 11.8. The zero-order chi connectivity index (χ0) is 11.9. The van der Waals surface area contributed by atoms with Crippen LogP contribution in [0.2, 0.25) is 0 Å². The maximum atomic E-state index is 11.8. The molecule has 3 nitrogen and oxygen atoms in total. The molecule has 0 bridgehead atoms.